The summed E-state index contributed by atoms with van der Waals surface area (Å²) >= 11 is 0. The molecule has 0 radical (unpaired) electrons. The van der Waals surface area contributed by atoms with Crippen molar-refractivity contribution in [2.24, 2.45) is 11.3 Å². The van der Waals surface area contributed by atoms with Crippen LogP contribution >= 0.6 is 0 Å². The highest BCUT2D eigenvalue weighted by molar-refractivity contribution is 6.20. The molecule has 1 saturated heterocycles. The van der Waals surface area contributed by atoms with Crippen LogP contribution in [0.5, 0.6) is 0 Å². The molecule has 1 aromatic carbocycles. The Morgan fingerprint density at radius 1 is 1.07 bits per heavy atom. The summed E-state index contributed by atoms with van der Waals surface area (Å²) in [6, 6.07) is 7.15. The van der Waals surface area contributed by atoms with Crippen LogP contribution in [0, 0.1) is 11.3 Å². The van der Waals surface area contributed by atoms with Gasteiger partial charge in [0.15, 0.2) is 0 Å². The van der Waals surface area contributed by atoms with E-state index >= 15 is 0 Å². The van der Waals surface area contributed by atoms with Gasteiger partial charge in [-0.3, -0.25) is 19.3 Å². The first-order chi connectivity index (χ1) is 13.7. The maximum Gasteiger partial charge on any atom is 0.237 e. The average Bonchev–Trinajstić information content (AvgIpc) is 2.94. The van der Waals surface area contributed by atoms with E-state index in [0.717, 1.165) is 18.4 Å². The van der Waals surface area contributed by atoms with Gasteiger partial charge >= 0.3 is 0 Å². The molecule has 1 fully saturated rings. The minimum absolute atomic E-state index is 0.00631. The lowest BCUT2D eigenvalue weighted by Gasteiger charge is -2.17. The van der Waals surface area contributed by atoms with Crippen molar-refractivity contribution in [1.29, 1.82) is 0 Å². The number of carbonyl (C=O) groups is 3. The molecule has 3 amide bonds. The van der Waals surface area contributed by atoms with Crippen LogP contribution in [0.1, 0.15) is 78.2 Å². The second-order valence-electron chi connectivity index (χ2n) is 9.29. The number of hydrogen-bond acceptors (Lipinski definition) is 3. The van der Waals surface area contributed by atoms with Crippen LogP contribution in [0.15, 0.2) is 24.3 Å². The van der Waals surface area contributed by atoms with Gasteiger partial charge < -0.3 is 5.32 Å². The standard InChI is InChI=1S/C24H36N2O3/c1-5-19-17-22(28)26(23(19)29)20-12-10-18(11-13-20)16-21(27)25-15-9-7-6-8-14-24(2,3)4/h10-13,19H,5-9,14-17H2,1-4H3,(H,25,27). The third-order valence-corrected chi connectivity index (χ3v) is 5.47. The summed E-state index contributed by atoms with van der Waals surface area (Å²) in [5.41, 5.74) is 1.87. The van der Waals surface area contributed by atoms with Crippen LogP contribution < -0.4 is 10.2 Å². The predicted molar refractivity (Wildman–Crippen MR) is 117 cm³/mol. The second kappa shape index (κ2) is 10.6. The van der Waals surface area contributed by atoms with E-state index in [2.05, 4.69) is 26.1 Å². The van der Waals surface area contributed by atoms with E-state index in [-0.39, 0.29) is 30.1 Å². The lowest BCUT2D eigenvalue weighted by Crippen LogP contribution is -2.30. The Kier molecular flexibility index (Phi) is 8.42. The van der Waals surface area contributed by atoms with Crippen molar-refractivity contribution in [1.82, 2.24) is 5.32 Å². The van der Waals surface area contributed by atoms with Gasteiger partial charge in [0, 0.05) is 18.9 Å². The minimum Gasteiger partial charge on any atom is -0.356 e. The molecule has 160 valence electrons. The van der Waals surface area contributed by atoms with Gasteiger partial charge in [-0.15, -0.1) is 0 Å². The average molecular weight is 401 g/mol. The normalized spacial score (nSPS) is 17.1. The van der Waals surface area contributed by atoms with E-state index in [1.165, 1.54) is 24.2 Å². The molecule has 29 heavy (non-hydrogen) atoms. The number of imide groups is 1. The monoisotopic (exact) mass is 400 g/mol. The molecule has 0 bridgehead atoms. The third kappa shape index (κ3) is 7.30. The fraction of sp³-hybridized carbons (Fsp3) is 0.625. The molecule has 1 heterocycles. The maximum atomic E-state index is 12.3. The highest BCUT2D eigenvalue weighted by atomic mass is 16.2. The highest BCUT2D eigenvalue weighted by Gasteiger charge is 2.38. The number of hydrogen-bond donors (Lipinski definition) is 1. The first-order valence-electron chi connectivity index (χ1n) is 10.9. The maximum absolute atomic E-state index is 12.3. The molecule has 0 spiro atoms. The Hall–Kier alpha value is -2.17. The van der Waals surface area contributed by atoms with Crippen LogP contribution in [-0.4, -0.2) is 24.3 Å². The molecule has 5 heteroatoms. The molecule has 0 saturated carbocycles. The zero-order valence-electron chi connectivity index (χ0n) is 18.4. The lowest BCUT2D eigenvalue weighted by molar-refractivity contribution is -0.122. The number of benzene rings is 1. The third-order valence-electron chi connectivity index (χ3n) is 5.47. The lowest BCUT2D eigenvalue weighted by atomic mass is 9.89. The SMILES string of the molecule is CCC1CC(=O)N(c2ccc(CC(=O)NCCCCCCC(C)(C)C)cc2)C1=O. The van der Waals surface area contributed by atoms with E-state index in [4.69, 9.17) is 0 Å². The molecule has 5 nitrogen and oxygen atoms in total. The Bertz CT molecular complexity index is 704. The molecule has 1 N–H and O–H groups in total. The Morgan fingerprint density at radius 3 is 2.31 bits per heavy atom. The van der Waals surface area contributed by atoms with Crippen LogP contribution in [0.25, 0.3) is 0 Å². The van der Waals surface area contributed by atoms with Crippen molar-refractivity contribution < 1.29 is 14.4 Å². The van der Waals surface area contributed by atoms with Crippen LogP contribution in [0.3, 0.4) is 0 Å². The molecule has 2 rings (SSSR count). The van der Waals surface area contributed by atoms with Crippen molar-refractivity contribution in [3.05, 3.63) is 29.8 Å². The van der Waals surface area contributed by atoms with E-state index in [9.17, 15) is 14.4 Å². The largest absolute Gasteiger partial charge is 0.356 e. The summed E-state index contributed by atoms with van der Waals surface area (Å²) < 4.78 is 0. The van der Waals surface area contributed by atoms with Gasteiger partial charge in [-0.1, -0.05) is 59.1 Å². The van der Waals surface area contributed by atoms with E-state index in [1.54, 1.807) is 12.1 Å². The van der Waals surface area contributed by atoms with Gasteiger partial charge in [-0.05, 0) is 42.4 Å². The number of anilines is 1. The van der Waals surface area contributed by atoms with Crippen molar-refractivity contribution in [3.63, 3.8) is 0 Å². The topological polar surface area (TPSA) is 66.5 Å². The summed E-state index contributed by atoms with van der Waals surface area (Å²) in [6.45, 7) is 9.43. The molecule has 1 aliphatic rings. The zero-order valence-corrected chi connectivity index (χ0v) is 18.4. The van der Waals surface area contributed by atoms with Gasteiger partial charge in [-0.25, -0.2) is 0 Å². The smallest absolute Gasteiger partial charge is 0.237 e. The summed E-state index contributed by atoms with van der Waals surface area (Å²) in [7, 11) is 0. The Labute approximate surface area is 175 Å². The summed E-state index contributed by atoms with van der Waals surface area (Å²) in [4.78, 5) is 37.8. The number of carbonyl (C=O) groups excluding carboxylic acids is 3. The van der Waals surface area contributed by atoms with Gasteiger partial charge in [0.1, 0.15) is 0 Å². The quantitative estimate of drug-likeness (QED) is 0.460. The van der Waals surface area contributed by atoms with Gasteiger partial charge in [0.25, 0.3) is 0 Å². The first-order valence-corrected chi connectivity index (χ1v) is 10.9. The fourth-order valence-corrected chi connectivity index (χ4v) is 3.66. The summed E-state index contributed by atoms with van der Waals surface area (Å²) in [5.74, 6) is -0.464. The van der Waals surface area contributed by atoms with E-state index < -0.39 is 0 Å². The second-order valence-corrected chi connectivity index (χ2v) is 9.29. The molecular formula is C24H36N2O3. The van der Waals surface area contributed by atoms with Crippen molar-refractivity contribution in [2.45, 2.75) is 79.1 Å². The first kappa shape index (κ1) is 23.1. The van der Waals surface area contributed by atoms with Gasteiger partial charge in [0.05, 0.1) is 12.1 Å². The molecule has 0 aromatic heterocycles. The number of amides is 3. The number of rotatable bonds is 10. The van der Waals surface area contributed by atoms with Gasteiger partial charge in [-0.2, -0.15) is 0 Å². The van der Waals surface area contributed by atoms with Gasteiger partial charge in [0.2, 0.25) is 17.7 Å². The molecule has 1 atom stereocenters. The summed E-state index contributed by atoms with van der Waals surface area (Å²) in [6.07, 6.45) is 7.11. The van der Waals surface area contributed by atoms with Crippen molar-refractivity contribution >= 4 is 23.4 Å². The van der Waals surface area contributed by atoms with Crippen LogP contribution in [-0.2, 0) is 20.8 Å². The molecule has 0 aliphatic carbocycles. The molecular weight excluding hydrogens is 364 g/mol. The predicted octanol–water partition coefficient (Wildman–Crippen LogP) is 4.63. The molecule has 1 aromatic rings. The fourth-order valence-electron chi connectivity index (χ4n) is 3.66. The Morgan fingerprint density at radius 2 is 1.72 bits per heavy atom. The van der Waals surface area contributed by atoms with Crippen LogP contribution in [0.2, 0.25) is 0 Å². The number of unbranched alkanes of at least 4 members (excludes halogenated alkanes) is 3. The molecule has 1 aliphatic heterocycles. The van der Waals surface area contributed by atoms with Crippen molar-refractivity contribution in [2.75, 3.05) is 11.4 Å². The highest BCUT2D eigenvalue weighted by Crippen LogP contribution is 2.28. The minimum atomic E-state index is -0.207. The van der Waals surface area contributed by atoms with E-state index in [0.29, 0.717) is 30.5 Å². The number of nitrogens with zero attached hydrogens (tertiary/aromatic N) is 1. The zero-order chi connectivity index (χ0) is 21.4. The van der Waals surface area contributed by atoms with Crippen LogP contribution in [0.4, 0.5) is 5.69 Å². The van der Waals surface area contributed by atoms with Crippen molar-refractivity contribution in [3.8, 4) is 0 Å². The van der Waals surface area contributed by atoms with E-state index in [1.807, 2.05) is 19.1 Å². The number of nitrogens with one attached hydrogen (secondary N) is 1. The Balaban J connectivity index is 1.71. The molecule has 1 unspecified atom stereocenters. The summed E-state index contributed by atoms with van der Waals surface area (Å²) in [5, 5.41) is 2.98.